The van der Waals surface area contributed by atoms with Crippen LogP contribution in [0.15, 0.2) is 29.3 Å². The monoisotopic (exact) mass is 532 g/mol. The number of hydrogen-bond acceptors (Lipinski definition) is 5. The average molecular weight is 532 g/mol. The van der Waals surface area contributed by atoms with Crippen LogP contribution in [0, 0.1) is 16.0 Å². The van der Waals surface area contributed by atoms with E-state index >= 15 is 0 Å². The second-order valence-corrected chi connectivity index (χ2v) is 7.32. The molecular formula is C21H33IN4O4. The summed E-state index contributed by atoms with van der Waals surface area (Å²) in [7, 11) is 1.76. The number of halogens is 1. The molecule has 0 saturated heterocycles. The van der Waals surface area contributed by atoms with Gasteiger partial charge >= 0.3 is 5.97 Å². The molecule has 0 amide bonds. The van der Waals surface area contributed by atoms with E-state index in [9.17, 15) is 14.9 Å². The van der Waals surface area contributed by atoms with E-state index in [0.29, 0.717) is 12.6 Å². The van der Waals surface area contributed by atoms with Gasteiger partial charge in [0.25, 0.3) is 5.69 Å². The molecule has 1 fully saturated rings. The van der Waals surface area contributed by atoms with Crippen LogP contribution in [-0.2, 0) is 16.0 Å². The summed E-state index contributed by atoms with van der Waals surface area (Å²) >= 11 is 0. The van der Waals surface area contributed by atoms with Crippen molar-refractivity contribution in [3.05, 3.63) is 39.9 Å². The maximum absolute atomic E-state index is 11.8. The number of esters is 1. The van der Waals surface area contributed by atoms with Crippen LogP contribution in [0.3, 0.4) is 0 Å². The number of nitrogens with zero attached hydrogens (tertiary/aromatic N) is 2. The number of carbonyl (C=O) groups excluding carboxylic acids is 1. The van der Waals surface area contributed by atoms with Crippen molar-refractivity contribution in [3.8, 4) is 0 Å². The number of unbranched alkanes of at least 4 members (excludes halogenated alkanes) is 1. The first-order chi connectivity index (χ1) is 14.0. The Morgan fingerprint density at radius 1 is 1.20 bits per heavy atom. The van der Waals surface area contributed by atoms with E-state index < -0.39 is 0 Å². The fraction of sp³-hybridized carbons (Fsp3) is 0.619. The Hall–Kier alpha value is -1.91. The number of nitro groups is 1. The number of hydrogen-bond donors (Lipinski definition) is 2. The number of nitrogens with one attached hydrogen (secondary N) is 2. The van der Waals surface area contributed by atoms with E-state index in [0.717, 1.165) is 63.0 Å². The SMILES string of the molecule is CCOC(=O)C1CCC(NC(=NC)NCCCCc2ccc([N+](=O)[O-])cc2)CC1.I. The number of non-ortho nitro benzene ring substituents is 1. The number of nitro benzene ring substituents is 1. The van der Waals surface area contributed by atoms with Crippen molar-refractivity contribution in [1.82, 2.24) is 10.6 Å². The van der Waals surface area contributed by atoms with Gasteiger partial charge in [0, 0.05) is 31.8 Å². The summed E-state index contributed by atoms with van der Waals surface area (Å²) in [5.74, 6) is 0.754. The molecule has 0 unspecified atom stereocenters. The average Bonchev–Trinajstić information content (AvgIpc) is 2.73. The molecule has 168 valence electrons. The van der Waals surface area contributed by atoms with E-state index in [-0.39, 0.29) is 46.5 Å². The molecular weight excluding hydrogens is 499 g/mol. The van der Waals surface area contributed by atoms with Gasteiger partial charge in [-0.05, 0) is 57.4 Å². The topological polar surface area (TPSA) is 106 Å². The van der Waals surface area contributed by atoms with Crippen LogP contribution in [0.2, 0.25) is 0 Å². The third-order valence-corrected chi connectivity index (χ3v) is 5.24. The van der Waals surface area contributed by atoms with Crippen molar-refractivity contribution in [2.75, 3.05) is 20.2 Å². The summed E-state index contributed by atoms with van der Waals surface area (Å²) in [5, 5.41) is 17.5. The van der Waals surface area contributed by atoms with E-state index in [2.05, 4.69) is 15.6 Å². The van der Waals surface area contributed by atoms with Crippen molar-refractivity contribution >= 4 is 41.6 Å². The molecule has 1 aromatic carbocycles. The highest BCUT2D eigenvalue weighted by Gasteiger charge is 2.27. The molecule has 1 saturated carbocycles. The summed E-state index contributed by atoms with van der Waals surface area (Å²) < 4.78 is 5.12. The third-order valence-electron chi connectivity index (χ3n) is 5.24. The first-order valence-corrected chi connectivity index (χ1v) is 10.4. The fourth-order valence-electron chi connectivity index (χ4n) is 3.57. The minimum absolute atomic E-state index is 0. The van der Waals surface area contributed by atoms with Gasteiger partial charge in [0.2, 0.25) is 0 Å². The number of aryl methyl sites for hydroxylation is 1. The molecule has 0 aromatic heterocycles. The standard InChI is InChI=1S/C21H32N4O4.HI/c1-3-29-20(26)17-9-11-18(12-10-17)24-21(22-2)23-15-5-4-6-16-7-13-19(14-8-16)25(27)28;/h7-8,13-14,17-18H,3-6,9-12,15H2,1-2H3,(H2,22,23,24);1H. The van der Waals surface area contributed by atoms with Crippen LogP contribution in [0.1, 0.15) is 51.0 Å². The van der Waals surface area contributed by atoms with Gasteiger partial charge in [0.1, 0.15) is 0 Å². The molecule has 2 N–H and O–H groups in total. The smallest absolute Gasteiger partial charge is 0.308 e. The number of ether oxygens (including phenoxy) is 1. The van der Waals surface area contributed by atoms with Gasteiger partial charge < -0.3 is 15.4 Å². The van der Waals surface area contributed by atoms with Gasteiger partial charge in [-0.25, -0.2) is 0 Å². The minimum atomic E-state index is -0.379. The van der Waals surface area contributed by atoms with Crippen LogP contribution >= 0.6 is 24.0 Å². The fourth-order valence-corrected chi connectivity index (χ4v) is 3.57. The summed E-state index contributed by atoms with van der Waals surface area (Å²) in [4.78, 5) is 26.4. The van der Waals surface area contributed by atoms with Crippen molar-refractivity contribution in [2.24, 2.45) is 10.9 Å². The van der Waals surface area contributed by atoms with Crippen LogP contribution in [-0.4, -0.2) is 43.1 Å². The molecule has 8 nitrogen and oxygen atoms in total. The summed E-state index contributed by atoms with van der Waals surface area (Å²) in [6, 6.07) is 7.07. The minimum Gasteiger partial charge on any atom is -0.466 e. The van der Waals surface area contributed by atoms with Crippen molar-refractivity contribution in [1.29, 1.82) is 0 Å². The van der Waals surface area contributed by atoms with Gasteiger partial charge in [-0.1, -0.05) is 12.1 Å². The summed E-state index contributed by atoms with van der Waals surface area (Å²) in [6.45, 7) is 3.09. The molecule has 0 atom stereocenters. The molecule has 30 heavy (non-hydrogen) atoms. The van der Waals surface area contributed by atoms with Crippen LogP contribution < -0.4 is 10.6 Å². The Labute approximate surface area is 195 Å². The molecule has 1 aliphatic carbocycles. The second-order valence-electron chi connectivity index (χ2n) is 7.32. The summed E-state index contributed by atoms with van der Waals surface area (Å²) in [6.07, 6.45) is 6.43. The van der Waals surface area contributed by atoms with Gasteiger partial charge in [0.15, 0.2) is 5.96 Å². The number of guanidine groups is 1. The van der Waals surface area contributed by atoms with Crippen molar-refractivity contribution in [3.63, 3.8) is 0 Å². The molecule has 0 heterocycles. The Morgan fingerprint density at radius 3 is 2.43 bits per heavy atom. The zero-order valence-electron chi connectivity index (χ0n) is 17.8. The maximum atomic E-state index is 11.8. The van der Waals surface area contributed by atoms with Crippen LogP contribution in [0.5, 0.6) is 0 Å². The number of carbonyl (C=O) groups is 1. The maximum Gasteiger partial charge on any atom is 0.308 e. The molecule has 0 spiro atoms. The largest absolute Gasteiger partial charge is 0.466 e. The zero-order chi connectivity index (χ0) is 21.1. The lowest BCUT2D eigenvalue weighted by Gasteiger charge is -2.29. The second kappa shape index (κ2) is 14.2. The van der Waals surface area contributed by atoms with E-state index in [1.807, 2.05) is 19.1 Å². The van der Waals surface area contributed by atoms with Crippen molar-refractivity contribution in [2.45, 2.75) is 57.9 Å². The number of aliphatic imine (C=N–C) groups is 1. The molecule has 0 bridgehead atoms. The Bertz CT molecular complexity index is 689. The predicted molar refractivity (Wildman–Crippen MR) is 128 cm³/mol. The lowest BCUT2D eigenvalue weighted by molar-refractivity contribution is -0.384. The van der Waals surface area contributed by atoms with E-state index in [1.54, 1.807) is 19.2 Å². The van der Waals surface area contributed by atoms with Crippen LogP contribution in [0.25, 0.3) is 0 Å². The van der Waals surface area contributed by atoms with Crippen LogP contribution in [0.4, 0.5) is 5.69 Å². The Balaban J connectivity index is 0.00000450. The summed E-state index contributed by atoms with van der Waals surface area (Å²) in [5.41, 5.74) is 1.23. The molecule has 9 heteroatoms. The molecule has 0 radical (unpaired) electrons. The molecule has 0 aliphatic heterocycles. The van der Waals surface area contributed by atoms with Gasteiger partial charge in [0.05, 0.1) is 17.4 Å². The highest BCUT2D eigenvalue weighted by Crippen LogP contribution is 2.25. The quantitative estimate of drug-likeness (QED) is 0.0953. The van der Waals surface area contributed by atoms with Gasteiger partial charge in [-0.15, -0.1) is 24.0 Å². The third kappa shape index (κ3) is 8.85. The highest BCUT2D eigenvalue weighted by molar-refractivity contribution is 14.0. The number of rotatable bonds is 9. The highest BCUT2D eigenvalue weighted by atomic mass is 127. The predicted octanol–water partition coefficient (Wildman–Crippen LogP) is 3.82. The molecule has 2 rings (SSSR count). The molecule has 1 aromatic rings. The number of benzene rings is 1. The lowest BCUT2D eigenvalue weighted by atomic mass is 9.86. The van der Waals surface area contributed by atoms with Crippen molar-refractivity contribution < 1.29 is 14.5 Å². The zero-order valence-corrected chi connectivity index (χ0v) is 20.1. The normalized spacial score (nSPS) is 18.8. The van der Waals surface area contributed by atoms with E-state index in [4.69, 9.17) is 4.74 Å². The Kier molecular flexibility index (Phi) is 12.3. The Morgan fingerprint density at radius 2 is 1.87 bits per heavy atom. The van der Waals surface area contributed by atoms with Gasteiger partial charge in [-0.2, -0.15) is 0 Å². The first kappa shape index (κ1) is 26.1. The van der Waals surface area contributed by atoms with E-state index in [1.165, 1.54) is 0 Å². The molecule has 1 aliphatic rings. The van der Waals surface area contributed by atoms with Gasteiger partial charge in [-0.3, -0.25) is 19.9 Å². The first-order valence-electron chi connectivity index (χ1n) is 10.4. The lowest BCUT2D eigenvalue weighted by Crippen LogP contribution is -2.45.